The van der Waals surface area contributed by atoms with Crippen molar-refractivity contribution in [3.05, 3.63) is 67.6 Å². The molecule has 0 atom stereocenters. The number of fused-ring (bicyclic) bond motifs is 1. The fraction of sp³-hybridized carbons (Fsp3) is 0.130. The molecule has 1 amide bonds. The molecule has 8 nitrogen and oxygen atoms in total. The number of aromatic nitrogens is 3. The molecule has 35 heavy (non-hydrogen) atoms. The number of rotatable bonds is 5. The van der Waals surface area contributed by atoms with Crippen LogP contribution in [0.2, 0.25) is 5.02 Å². The maximum absolute atomic E-state index is 12.9. The van der Waals surface area contributed by atoms with Gasteiger partial charge in [-0.25, -0.2) is 0 Å². The third-order valence-electron chi connectivity index (χ3n) is 5.03. The van der Waals surface area contributed by atoms with E-state index in [1.165, 1.54) is 11.9 Å². The van der Waals surface area contributed by atoms with Crippen LogP contribution in [0.15, 0.2) is 51.4 Å². The number of aryl methyl sites for hydroxylation is 1. The average molecular weight is 640 g/mol. The third-order valence-corrected chi connectivity index (χ3v) is 6.57. The van der Waals surface area contributed by atoms with Gasteiger partial charge in [0.15, 0.2) is 5.11 Å². The highest BCUT2D eigenvalue weighted by Crippen LogP contribution is 2.33. The van der Waals surface area contributed by atoms with Crippen molar-refractivity contribution < 1.29 is 14.3 Å². The second kappa shape index (κ2) is 10.5. The van der Waals surface area contributed by atoms with Gasteiger partial charge in [-0.15, -0.1) is 10.2 Å². The van der Waals surface area contributed by atoms with E-state index < -0.39 is 5.91 Å². The van der Waals surface area contributed by atoms with E-state index in [-0.39, 0.29) is 5.11 Å². The van der Waals surface area contributed by atoms with Crippen LogP contribution in [0.5, 0.6) is 11.5 Å². The van der Waals surface area contributed by atoms with Crippen LogP contribution in [0.3, 0.4) is 0 Å². The van der Waals surface area contributed by atoms with Gasteiger partial charge in [-0.05, 0) is 83.1 Å². The quantitative estimate of drug-likeness (QED) is 0.257. The molecule has 0 radical (unpaired) electrons. The summed E-state index contributed by atoms with van der Waals surface area (Å²) in [5.41, 5.74) is 3.90. The summed E-state index contributed by atoms with van der Waals surface area (Å²) in [6.07, 6.45) is 0. The highest BCUT2D eigenvalue weighted by molar-refractivity contribution is 9.11. The van der Waals surface area contributed by atoms with Gasteiger partial charge in [0.1, 0.15) is 22.5 Å². The van der Waals surface area contributed by atoms with Crippen molar-refractivity contribution in [3.8, 4) is 17.2 Å². The first-order valence-electron chi connectivity index (χ1n) is 10.1. The molecule has 2 N–H and O–H groups in total. The number of nitrogens with zero attached hydrogens (tertiary/aromatic N) is 3. The van der Waals surface area contributed by atoms with Crippen LogP contribution in [0.4, 0.5) is 5.69 Å². The highest BCUT2D eigenvalue weighted by atomic mass is 79.9. The zero-order chi connectivity index (χ0) is 25.3. The number of anilines is 1. The van der Waals surface area contributed by atoms with Gasteiger partial charge in [-0.2, -0.15) is 4.80 Å². The van der Waals surface area contributed by atoms with Crippen LogP contribution < -0.4 is 20.1 Å². The van der Waals surface area contributed by atoms with Gasteiger partial charge in [0, 0.05) is 10.2 Å². The van der Waals surface area contributed by atoms with E-state index >= 15 is 0 Å². The van der Waals surface area contributed by atoms with E-state index in [1.807, 2.05) is 25.1 Å². The summed E-state index contributed by atoms with van der Waals surface area (Å²) in [4.78, 5) is 14.4. The maximum Gasteiger partial charge on any atom is 0.261 e. The van der Waals surface area contributed by atoms with Gasteiger partial charge < -0.3 is 14.8 Å². The number of hydrogen-bond acceptors (Lipinski definition) is 6. The number of ether oxygens (including phenoxy) is 2. The number of methoxy groups -OCH3 is 2. The summed E-state index contributed by atoms with van der Waals surface area (Å²) < 4.78 is 11.9. The van der Waals surface area contributed by atoms with Crippen molar-refractivity contribution in [2.45, 2.75) is 6.92 Å². The SMILES string of the molecule is COc1ccc(-n2nc3cc(C)c(NC(=S)NC(=O)c4cc(Br)cc(Br)c4OC)cc3n2)cc1Cl. The van der Waals surface area contributed by atoms with Gasteiger partial charge >= 0.3 is 0 Å². The Hall–Kier alpha value is -2.73. The molecule has 0 saturated heterocycles. The van der Waals surface area contributed by atoms with E-state index in [9.17, 15) is 4.79 Å². The molecular formula is C23H18Br2ClN5O3S. The molecule has 0 fully saturated rings. The molecule has 0 aliphatic carbocycles. The monoisotopic (exact) mass is 637 g/mol. The summed E-state index contributed by atoms with van der Waals surface area (Å²) in [6.45, 7) is 1.91. The first kappa shape index (κ1) is 25.4. The maximum atomic E-state index is 12.9. The van der Waals surface area contributed by atoms with Crippen molar-refractivity contribution in [2.24, 2.45) is 0 Å². The predicted octanol–water partition coefficient (Wildman–Crippen LogP) is 6.05. The minimum absolute atomic E-state index is 0.130. The molecule has 4 rings (SSSR count). The van der Waals surface area contributed by atoms with E-state index in [0.717, 1.165) is 10.0 Å². The van der Waals surface area contributed by atoms with Crippen LogP contribution in [-0.2, 0) is 0 Å². The number of amides is 1. The fourth-order valence-corrected chi connectivity index (χ4v) is 5.20. The Morgan fingerprint density at radius 2 is 1.77 bits per heavy atom. The predicted molar refractivity (Wildman–Crippen MR) is 147 cm³/mol. The topological polar surface area (TPSA) is 90.3 Å². The Labute approximate surface area is 228 Å². The Balaban J connectivity index is 1.56. The lowest BCUT2D eigenvalue weighted by Crippen LogP contribution is -2.34. The molecule has 0 aliphatic rings. The van der Waals surface area contributed by atoms with Crippen molar-refractivity contribution in [2.75, 3.05) is 19.5 Å². The molecule has 1 heterocycles. The van der Waals surface area contributed by atoms with Crippen LogP contribution in [0, 0.1) is 6.92 Å². The standard InChI is InChI=1S/C23H18Br2ClN5O3S/c1-11-6-18-19(30-31(29-18)13-4-5-20(33-2)16(26)9-13)10-17(11)27-23(35)28-22(32)14-7-12(24)8-15(25)21(14)34-3/h4-10H,1-3H3,(H2,27,28,32,35). The zero-order valence-corrected chi connectivity index (χ0v) is 23.4. The lowest BCUT2D eigenvalue weighted by atomic mass is 10.1. The molecule has 180 valence electrons. The molecular weight excluding hydrogens is 622 g/mol. The fourth-order valence-electron chi connectivity index (χ4n) is 3.36. The minimum atomic E-state index is -0.414. The van der Waals surface area contributed by atoms with Gasteiger partial charge in [0.25, 0.3) is 5.91 Å². The largest absolute Gasteiger partial charge is 0.495 e. The molecule has 0 unspecified atom stereocenters. The Bertz CT molecular complexity index is 1480. The van der Waals surface area contributed by atoms with E-state index in [0.29, 0.717) is 49.0 Å². The number of nitrogens with one attached hydrogen (secondary N) is 2. The van der Waals surface area contributed by atoms with Crippen LogP contribution in [0.25, 0.3) is 16.7 Å². The summed E-state index contributed by atoms with van der Waals surface area (Å²) in [6, 6.07) is 12.4. The number of thiocarbonyl (C=S) groups is 1. The van der Waals surface area contributed by atoms with Gasteiger partial charge in [-0.3, -0.25) is 10.1 Å². The Kier molecular flexibility index (Phi) is 7.60. The van der Waals surface area contributed by atoms with Crippen molar-refractivity contribution >= 4 is 83.4 Å². The molecule has 4 aromatic rings. The van der Waals surface area contributed by atoms with Gasteiger partial charge in [0.05, 0.1) is 35.0 Å². The molecule has 0 saturated carbocycles. The molecule has 1 aromatic heterocycles. The smallest absolute Gasteiger partial charge is 0.261 e. The first-order valence-corrected chi connectivity index (χ1v) is 12.4. The second-order valence-electron chi connectivity index (χ2n) is 7.34. The lowest BCUT2D eigenvalue weighted by Gasteiger charge is -2.14. The average Bonchev–Trinajstić information content (AvgIpc) is 3.21. The van der Waals surface area contributed by atoms with Crippen molar-refractivity contribution in [1.82, 2.24) is 20.3 Å². The zero-order valence-electron chi connectivity index (χ0n) is 18.6. The van der Waals surface area contributed by atoms with Crippen LogP contribution in [-0.4, -0.2) is 40.2 Å². The minimum Gasteiger partial charge on any atom is -0.495 e. The van der Waals surface area contributed by atoms with Gasteiger partial charge in [-0.1, -0.05) is 27.5 Å². The summed E-state index contributed by atoms with van der Waals surface area (Å²) in [5.74, 6) is 0.557. The second-order valence-corrected chi connectivity index (χ2v) is 9.93. The summed E-state index contributed by atoms with van der Waals surface area (Å²) >= 11 is 18.4. The number of hydrogen-bond donors (Lipinski definition) is 2. The lowest BCUT2D eigenvalue weighted by molar-refractivity contribution is 0.0974. The van der Waals surface area contributed by atoms with Crippen LogP contribution in [0.1, 0.15) is 15.9 Å². The number of carbonyl (C=O) groups is 1. The Morgan fingerprint density at radius 1 is 1.06 bits per heavy atom. The van der Waals surface area contributed by atoms with E-state index in [2.05, 4.69) is 52.7 Å². The number of halogens is 3. The highest BCUT2D eigenvalue weighted by Gasteiger charge is 2.18. The molecule has 0 aliphatic heterocycles. The molecule has 0 spiro atoms. The first-order chi connectivity index (χ1) is 16.7. The molecule has 12 heteroatoms. The van der Waals surface area contributed by atoms with E-state index in [1.54, 1.807) is 31.4 Å². The van der Waals surface area contributed by atoms with Crippen molar-refractivity contribution in [3.63, 3.8) is 0 Å². The Morgan fingerprint density at radius 3 is 2.43 bits per heavy atom. The summed E-state index contributed by atoms with van der Waals surface area (Å²) in [5, 5.41) is 15.4. The number of benzene rings is 3. The number of carbonyl (C=O) groups excluding carboxylic acids is 1. The molecule has 0 bridgehead atoms. The normalized spacial score (nSPS) is 10.8. The van der Waals surface area contributed by atoms with Crippen molar-refractivity contribution in [1.29, 1.82) is 0 Å². The molecule has 3 aromatic carbocycles. The van der Waals surface area contributed by atoms with E-state index in [4.69, 9.17) is 33.3 Å². The third kappa shape index (κ3) is 5.43. The van der Waals surface area contributed by atoms with Crippen LogP contribution >= 0.6 is 55.7 Å². The summed E-state index contributed by atoms with van der Waals surface area (Å²) in [7, 11) is 3.05. The van der Waals surface area contributed by atoms with Gasteiger partial charge in [0.2, 0.25) is 0 Å².